The molecule has 4 heterocycles. The van der Waals surface area contributed by atoms with Crippen molar-refractivity contribution in [3.05, 3.63) is 66.4 Å². The molecule has 1 amide bonds. The lowest BCUT2D eigenvalue weighted by atomic mass is 10.1. The van der Waals surface area contributed by atoms with Crippen molar-refractivity contribution >= 4 is 15.9 Å². The highest BCUT2D eigenvalue weighted by Crippen LogP contribution is 2.33. The second-order valence-corrected chi connectivity index (χ2v) is 10.0. The average Bonchev–Trinajstić information content (AvgIpc) is 3.18. The van der Waals surface area contributed by atoms with E-state index in [4.69, 9.17) is 0 Å². The van der Waals surface area contributed by atoms with Gasteiger partial charge in [0.2, 0.25) is 21.8 Å². The number of nitrogens with zero attached hydrogens (tertiary/aromatic N) is 5. The van der Waals surface area contributed by atoms with Gasteiger partial charge in [0.05, 0.1) is 22.8 Å². The van der Waals surface area contributed by atoms with Gasteiger partial charge >= 0.3 is 6.18 Å². The van der Waals surface area contributed by atoms with Gasteiger partial charge in [-0.25, -0.2) is 27.2 Å². The van der Waals surface area contributed by atoms with Crippen LogP contribution >= 0.6 is 0 Å². The van der Waals surface area contributed by atoms with Gasteiger partial charge in [-0.15, -0.1) is 0 Å². The van der Waals surface area contributed by atoms with E-state index in [0.717, 1.165) is 22.9 Å². The SMILES string of the molecule is CC1C(F)CC(C(=O)NCc2cc(-c3cnc(C(F)(F)F)nc3)ncc2F)N1S(=O)(=O)c1ccncc1. The van der Waals surface area contributed by atoms with Gasteiger partial charge in [0.25, 0.3) is 0 Å². The summed E-state index contributed by atoms with van der Waals surface area (Å²) >= 11 is 0. The lowest BCUT2D eigenvalue weighted by molar-refractivity contribution is -0.145. The molecule has 1 aliphatic rings. The summed E-state index contributed by atoms with van der Waals surface area (Å²) < 4.78 is 94.0. The highest BCUT2D eigenvalue weighted by Gasteiger charge is 2.49. The first-order chi connectivity index (χ1) is 17.4. The minimum atomic E-state index is -4.74. The van der Waals surface area contributed by atoms with Gasteiger partial charge < -0.3 is 5.32 Å². The molecule has 9 nitrogen and oxygen atoms in total. The van der Waals surface area contributed by atoms with Gasteiger partial charge in [-0.1, -0.05) is 0 Å². The zero-order valence-electron chi connectivity index (χ0n) is 19.0. The lowest BCUT2D eigenvalue weighted by Gasteiger charge is -2.26. The molecule has 3 aromatic heterocycles. The summed E-state index contributed by atoms with van der Waals surface area (Å²) in [5, 5.41) is 2.41. The van der Waals surface area contributed by atoms with Gasteiger partial charge in [0, 0.05) is 48.9 Å². The maximum Gasteiger partial charge on any atom is 0.451 e. The molecule has 0 bridgehead atoms. The Balaban J connectivity index is 1.53. The first kappa shape index (κ1) is 26.5. The summed E-state index contributed by atoms with van der Waals surface area (Å²) in [5.41, 5.74) is 0.0179. The zero-order valence-corrected chi connectivity index (χ0v) is 19.8. The summed E-state index contributed by atoms with van der Waals surface area (Å²) in [6.45, 7) is 0.921. The number of alkyl halides is 4. The summed E-state index contributed by atoms with van der Waals surface area (Å²) in [7, 11) is -4.25. The summed E-state index contributed by atoms with van der Waals surface area (Å²) in [6.07, 6.45) is -1.69. The van der Waals surface area contributed by atoms with Crippen LogP contribution in [0.2, 0.25) is 0 Å². The van der Waals surface area contributed by atoms with Crippen LogP contribution in [0.5, 0.6) is 0 Å². The van der Waals surface area contributed by atoms with Crippen LogP contribution in [0.3, 0.4) is 0 Å². The minimum Gasteiger partial charge on any atom is -0.351 e. The summed E-state index contributed by atoms with van der Waals surface area (Å²) in [6, 6.07) is 1.11. The standard InChI is InChI=1S/C22H19F5N6O3S/c1-12-16(23)7-19(33(12)37(35,36)15-2-4-28-5-3-15)20(34)30-8-13-6-18(29-11-17(13)24)14-9-31-21(32-10-14)22(25,26)27/h2-6,9-12,16,19H,7-8H2,1H3,(H,30,34). The van der Waals surface area contributed by atoms with Crippen molar-refractivity contribution < 1.29 is 35.2 Å². The molecule has 1 aliphatic heterocycles. The monoisotopic (exact) mass is 542 g/mol. The third-order valence-corrected chi connectivity index (χ3v) is 7.81. The number of amides is 1. The number of halogens is 5. The molecule has 0 aromatic carbocycles. The van der Waals surface area contributed by atoms with Crippen LogP contribution in [0.4, 0.5) is 22.0 Å². The van der Waals surface area contributed by atoms with Crippen molar-refractivity contribution in [1.82, 2.24) is 29.6 Å². The van der Waals surface area contributed by atoms with Gasteiger partial charge in [-0.05, 0) is 25.1 Å². The van der Waals surface area contributed by atoms with E-state index < -0.39 is 65.0 Å². The van der Waals surface area contributed by atoms with Crippen LogP contribution in [-0.4, -0.2) is 56.8 Å². The number of sulfonamides is 1. The Morgan fingerprint density at radius 3 is 2.41 bits per heavy atom. The van der Waals surface area contributed by atoms with E-state index in [-0.39, 0.29) is 21.7 Å². The Morgan fingerprint density at radius 1 is 1.14 bits per heavy atom. The molecule has 3 unspecified atom stereocenters. The molecule has 1 fully saturated rings. The number of pyridine rings is 2. The smallest absolute Gasteiger partial charge is 0.351 e. The molecule has 1 N–H and O–H groups in total. The molecular formula is C22H19F5N6O3S. The molecule has 0 radical (unpaired) electrons. The highest BCUT2D eigenvalue weighted by atomic mass is 32.2. The predicted molar refractivity (Wildman–Crippen MR) is 118 cm³/mol. The molecule has 1 saturated heterocycles. The normalized spacial score (nSPS) is 20.6. The first-order valence-corrected chi connectivity index (χ1v) is 12.2. The molecule has 4 rings (SSSR count). The molecule has 3 atom stereocenters. The van der Waals surface area contributed by atoms with E-state index in [1.54, 1.807) is 0 Å². The number of rotatable bonds is 6. The van der Waals surface area contributed by atoms with Crippen molar-refractivity contribution in [2.24, 2.45) is 0 Å². The van der Waals surface area contributed by atoms with Crippen molar-refractivity contribution in [2.45, 2.75) is 49.2 Å². The first-order valence-electron chi connectivity index (χ1n) is 10.8. The Kier molecular flexibility index (Phi) is 7.19. The van der Waals surface area contributed by atoms with Gasteiger partial charge in [-0.2, -0.15) is 17.5 Å². The maximum absolute atomic E-state index is 14.5. The van der Waals surface area contributed by atoms with Crippen molar-refractivity contribution in [3.63, 3.8) is 0 Å². The van der Waals surface area contributed by atoms with Crippen LogP contribution in [0.25, 0.3) is 11.3 Å². The van der Waals surface area contributed by atoms with Gasteiger partial charge in [-0.3, -0.25) is 14.8 Å². The molecule has 3 aromatic rings. The summed E-state index contributed by atoms with van der Waals surface area (Å²) in [4.78, 5) is 26.8. The summed E-state index contributed by atoms with van der Waals surface area (Å²) in [5.74, 6) is -3.03. The number of carbonyl (C=O) groups excluding carboxylic acids is 1. The Labute approximate surface area is 207 Å². The lowest BCUT2D eigenvalue weighted by Crippen LogP contribution is -2.48. The predicted octanol–water partition coefficient (Wildman–Crippen LogP) is 2.90. The highest BCUT2D eigenvalue weighted by molar-refractivity contribution is 7.89. The number of aromatic nitrogens is 4. The van der Waals surface area contributed by atoms with E-state index in [1.807, 2.05) is 0 Å². The zero-order chi connectivity index (χ0) is 27.0. The fraction of sp³-hybridized carbons (Fsp3) is 0.318. The van der Waals surface area contributed by atoms with Gasteiger partial charge in [0.1, 0.15) is 18.0 Å². The number of hydrogen-bond donors (Lipinski definition) is 1. The van der Waals surface area contributed by atoms with Crippen molar-refractivity contribution in [1.29, 1.82) is 0 Å². The third kappa shape index (κ3) is 5.41. The van der Waals surface area contributed by atoms with E-state index >= 15 is 0 Å². The molecule has 196 valence electrons. The maximum atomic E-state index is 14.5. The Morgan fingerprint density at radius 2 is 1.78 bits per heavy atom. The van der Waals surface area contributed by atoms with E-state index in [9.17, 15) is 35.2 Å². The molecule has 37 heavy (non-hydrogen) atoms. The minimum absolute atomic E-state index is 0.0413. The van der Waals surface area contributed by atoms with Crippen molar-refractivity contribution in [2.75, 3.05) is 0 Å². The Bertz CT molecular complexity index is 1390. The van der Waals surface area contributed by atoms with Crippen LogP contribution < -0.4 is 5.32 Å². The van der Waals surface area contributed by atoms with E-state index in [2.05, 4.69) is 25.3 Å². The molecule has 0 aliphatic carbocycles. The average molecular weight is 542 g/mol. The van der Waals surface area contributed by atoms with Gasteiger partial charge in [0.15, 0.2) is 0 Å². The second-order valence-electron chi connectivity index (χ2n) is 8.20. The quantitative estimate of drug-likeness (QED) is 0.476. The second kappa shape index (κ2) is 10.0. The molecular weight excluding hydrogens is 523 g/mol. The van der Waals surface area contributed by atoms with E-state index in [0.29, 0.717) is 0 Å². The molecule has 0 spiro atoms. The number of nitrogens with one attached hydrogen (secondary N) is 1. The van der Waals surface area contributed by atoms with E-state index in [1.165, 1.54) is 37.5 Å². The van der Waals surface area contributed by atoms with Crippen molar-refractivity contribution in [3.8, 4) is 11.3 Å². The van der Waals surface area contributed by atoms with Crippen LogP contribution in [-0.2, 0) is 27.5 Å². The number of hydrogen-bond acceptors (Lipinski definition) is 7. The Hall–Kier alpha value is -3.59. The molecule has 0 saturated carbocycles. The largest absolute Gasteiger partial charge is 0.451 e. The number of carbonyl (C=O) groups is 1. The molecule has 15 heteroatoms. The third-order valence-electron chi connectivity index (χ3n) is 5.80. The fourth-order valence-corrected chi connectivity index (χ4v) is 5.67. The van der Waals surface area contributed by atoms with Crippen LogP contribution in [0, 0.1) is 5.82 Å². The fourth-order valence-electron chi connectivity index (χ4n) is 3.88. The van der Waals surface area contributed by atoms with Crippen LogP contribution in [0.1, 0.15) is 24.7 Å². The topological polar surface area (TPSA) is 118 Å². The van der Waals surface area contributed by atoms with Crippen LogP contribution in [0.15, 0.2) is 54.1 Å².